The quantitative estimate of drug-likeness (QED) is 0.758. The molecule has 1 aliphatic rings. The summed E-state index contributed by atoms with van der Waals surface area (Å²) in [6, 6.07) is 6.35. The van der Waals surface area contributed by atoms with Crippen molar-refractivity contribution in [2.45, 2.75) is 70.4 Å². The second kappa shape index (κ2) is 9.17. The zero-order valence-electron chi connectivity index (χ0n) is 16.4. The summed E-state index contributed by atoms with van der Waals surface area (Å²) in [6.07, 6.45) is 4.71. The van der Waals surface area contributed by atoms with Gasteiger partial charge in [0.05, 0.1) is 13.2 Å². The Morgan fingerprint density at radius 3 is 2.46 bits per heavy atom. The monoisotopic (exact) mass is 361 g/mol. The first kappa shape index (κ1) is 20.4. The first-order valence-electron chi connectivity index (χ1n) is 9.44. The second-order valence-corrected chi connectivity index (χ2v) is 7.18. The number of methoxy groups -OCH3 is 2. The van der Waals surface area contributed by atoms with Crippen LogP contribution in [0.1, 0.15) is 55.7 Å². The van der Waals surface area contributed by atoms with Gasteiger partial charge in [0.15, 0.2) is 0 Å². The van der Waals surface area contributed by atoms with Crippen LogP contribution in [-0.2, 0) is 31.9 Å². The molecule has 1 N–H and O–H groups in total. The second-order valence-electron chi connectivity index (χ2n) is 7.18. The maximum Gasteiger partial charge on any atom is 0.331 e. The van der Waals surface area contributed by atoms with Crippen LogP contribution in [0.2, 0.25) is 0 Å². The van der Waals surface area contributed by atoms with Crippen LogP contribution in [0.4, 0.5) is 0 Å². The van der Waals surface area contributed by atoms with Gasteiger partial charge in [-0.1, -0.05) is 30.7 Å². The summed E-state index contributed by atoms with van der Waals surface area (Å²) in [7, 11) is 3.06. The molecule has 0 saturated heterocycles. The van der Waals surface area contributed by atoms with Crippen molar-refractivity contribution in [2.75, 3.05) is 14.2 Å². The van der Waals surface area contributed by atoms with Gasteiger partial charge in [-0.15, -0.1) is 0 Å². The summed E-state index contributed by atoms with van der Waals surface area (Å²) in [5.41, 5.74) is 2.79. The third-order valence-electron chi connectivity index (χ3n) is 5.44. The minimum absolute atomic E-state index is 0.103. The summed E-state index contributed by atoms with van der Waals surface area (Å²) in [5, 5.41) is 2.98. The highest BCUT2D eigenvalue weighted by atomic mass is 16.5. The number of carbonyl (C=O) groups excluding carboxylic acids is 2. The van der Waals surface area contributed by atoms with E-state index in [4.69, 9.17) is 9.47 Å². The van der Waals surface area contributed by atoms with Gasteiger partial charge in [0.2, 0.25) is 5.91 Å². The number of hydrogen-bond donors (Lipinski definition) is 1. The number of hydrogen-bond acceptors (Lipinski definition) is 4. The Morgan fingerprint density at radius 1 is 1.19 bits per heavy atom. The smallest absolute Gasteiger partial charge is 0.331 e. The average molecular weight is 361 g/mol. The van der Waals surface area contributed by atoms with Gasteiger partial charge < -0.3 is 14.8 Å². The lowest BCUT2D eigenvalue weighted by atomic mass is 9.80. The fourth-order valence-electron chi connectivity index (χ4n) is 3.80. The molecule has 26 heavy (non-hydrogen) atoms. The molecular formula is C21H31NO4. The van der Waals surface area contributed by atoms with E-state index in [0.29, 0.717) is 25.7 Å². The van der Waals surface area contributed by atoms with Gasteiger partial charge in [-0.3, -0.25) is 4.79 Å². The number of esters is 1. The standard InChI is InChI=1S/C21H31NO4/c1-5-16-14-15(2)6-7-17(16)8-9-19(23)22-21(20(24)26-4)12-10-18(25-3)11-13-21/h6-7,14,18H,5,8-13H2,1-4H3,(H,22,23)/t18-,21+. The molecule has 5 heteroatoms. The Morgan fingerprint density at radius 2 is 1.88 bits per heavy atom. The number of nitrogens with one attached hydrogen (secondary N) is 1. The van der Waals surface area contributed by atoms with E-state index in [2.05, 4.69) is 37.4 Å². The largest absolute Gasteiger partial charge is 0.467 e. The van der Waals surface area contributed by atoms with E-state index in [-0.39, 0.29) is 18.0 Å². The van der Waals surface area contributed by atoms with Gasteiger partial charge in [0, 0.05) is 13.5 Å². The van der Waals surface area contributed by atoms with Crippen LogP contribution in [0.25, 0.3) is 0 Å². The highest BCUT2D eigenvalue weighted by Crippen LogP contribution is 2.31. The van der Waals surface area contributed by atoms with Gasteiger partial charge >= 0.3 is 5.97 Å². The molecule has 0 atom stereocenters. The van der Waals surface area contributed by atoms with Gasteiger partial charge in [0.25, 0.3) is 0 Å². The number of benzene rings is 1. The Hall–Kier alpha value is -1.88. The van der Waals surface area contributed by atoms with E-state index < -0.39 is 5.54 Å². The molecule has 1 fully saturated rings. The SMILES string of the molecule is CCc1cc(C)ccc1CCC(=O)N[C@]1(C(=O)OC)CC[C@H](OC)CC1. The molecule has 2 rings (SSSR count). The predicted octanol–water partition coefficient (Wildman–Crippen LogP) is 3.11. The molecule has 1 amide bonds. The zero-order chi connectivity index (χ0) is 19.2. The van der Waals surface area contributed by atoms with Crippen molar-refractivity contribution < 1.29 is 19.1 Å². The van der Waals surface area contributed by atoms with Gasteiger partial charge in [-0.05, 0) is 56.6 Å². The predicted molar refractivity (Wildman–Crippen MR) is 101 cm³/mol. The highest BCUT2D eigenvalue weighted by Gasteiger charge is 2.44. The van der Waals surface area contributed by atoms with Crippen molar-refractivity contribution >= 4 is 11.9 Å². The lowest BCUT2D eigenvalue weighted by molar-refractivity contribution is -0.154. The Labute approximate surface area is 156 Å². The fourth-order valence-corrected chi connectivity index (χ4v) is 3.80. The van der Waals surface area contributed by atoms with Crippen molar-refractivity contribution in [3.63, 3.8) is 0 Å². The number of carbonyl (C=O) groups is 2. The summed E-state index contributed by atoms with van der Waals surface area (Å²) >= 11 is 0. The Bertz CT molecular complexity index is 633. The number of aryl methyl sites for hydroxylation is 3. The fraction of sp³-hybridized carbons (Fsp3) is 0.619. The molecule has 0 aliphatic heterocycles. The lowest BCUT2D eigenvalue weighted by Crippen LogP contribution is -2.57. The first-order valence-corrected chi connectivity index (χ1v) is 9.44. The first-order chi connectivity index (χ1) is 12.4. The maximum atomic E-state index is 12.6. The van der Waals surface area contributed by atoms with Crippen LogP contribution in [-0.4, -0.2) is 37.7 Å². The van der Waals surface area contributed by atoms with E-state index in [1.807, 2.05) is 0 Å². The minimum atomic E-state index is -0.915. The van der Waals surface area contributed by atoms with E-state index in [0.717, 1.165) is 19.3 Å². The number of rotatable bonds is 7. The van der Waals surface area contributed by atoms with E-state index in [9.17, 15) is 9.59 Å². The molecular weight excluding hydrogens is 330 g/mol. The molecule has 0 spiro atoms. The Balaban J connectivity index is 2.01. The number of amides is 1. The van der Waals surface area contributed by atoms with Gasteiger partial charge in [-0.2, -0.15) is 0 Å². The highest BCUT2D eigenvalue weighted by molar-refractivity contribution is 5.88. The minimum Gasteiger partial charge on any atom is -0.467 e. The van der Waals surface area contributed by atoms with Crippen molar-refractivity contribution in [3.05, 3.63) is 34.9 Å². The van der Waals surface area contributed by atoms with Crippen LogP contribution in [0.3, 0.4) is 0 Å². The zero-order valence-corrected chi connectivity index (χ0v) is 16.4. The normalized spacial score (nSPS) is 22.7. The molecule has 0 bridgehead atoms. The van der Waals surface area contributed by atoms with Crippen LogP contribution in [0.5, 0.6) is 0 Å². The van der Waals surface area contributed by atoms with Crippen LogP contribution in [0, 0.1) is 6.92 Å². The van der Waals surface area contributed by atoms with E-state index in [1.54, 1.807) is 7.11 Å². The van der Waals surface area contributed by atoms with Crippen molar-refractivity contribution in [1.29, 1.82) is 0 Å². The van der Waals surface area contributed by atoms with Crippen molar-refractivity contribution in [2.24, 2.45) is 0 Å². The van der Waals surface area contributed by atoms with E-state index in [1.165, 1.54) is 23.8 Å². The maximum absolute atomic E-state index is 12.6. The van der Waals surface area contributed by atoms with Crippen molar-refractivity contribution in [3.8, 4) is 0 Å². The van der Waals surface area contributed by atoms with Crippen LogP contribution >= 0.6 is 0 Å². The molecule has 0 radical (unpaired) electrons. The van der Waals surface area contributed by atoms with Gasteiger partial charge in [0.1, 0.15) is 5.54 Å². The average Bonchev–Trinajstić information content (AvgIpc) is 2.66. The molecule has 0 aromatic heterocycles. The number of ether oxygens (including phenoxy) is 2. The summed E-state index contributed by atoms with van der Waals surface area (Å²) in [5.74, 6) is -0.459. The molecule has 1 aromatic carbocycles. The third-order valence-corrected chi connectivity index (χ3v) is 5.44. The lowest BCUT2D eigenvalue weighted by Gasteiger charge is -2.37. The Kier molecular flexibility index (Phi) is 7.21. The van der Waals surface area contributed by atoms with Crippen molar-refractivity contribution in [1.82, 2.24) is 5.32 Å². The van der Waals surface area contributed by atoms with Crippen LogP contribution < -0.4 is 5.32 Å². The molecule has 1 saturated carbocycles. The molecule has 144 valence electrons. The molecule has 5 nitrogen and oxygen atoms in total. The third kappa shape index (κ3) is 4.85. The van der Waals surface area contributed by atoms with Crippen LogP contribution in [0.15, 0.2) is 18.2 Å². The molecule has 0 heterocycles. The molecule has 0 unspecified atom stereocenters. The summed E-state index contributed by atoms with van der Waals surface area (Å²) in [6.45, 7) is 4.20. The molecule has 1 aliphatic carbocycles. The van der Waals surface area contributed by atoms with E-state index >= 15 is 0 Å². The topological polar surface area (TPSA) is 64.6 Å². The van der Waals surface area contributed by atoms with Gasteiger partial charge in [-0.25, -0.2) is 4.79 Å². The molecule has 1 aromatic rings. The summed E-state index contributed by atoms with van der Waals surface area (Å²) in [4.78, 5) is 24.9. The summed E-state index contributed by atoms with van der Waals surface area (Å²) < 4.78 is 10.4.